The highest BCUT2D eigenvalue weighted by Crippen LogP contribution is 2.21. The Kier molecular flexibility index (Phi) is 4.19. The van der Waals surface area contributed by atoms with E-state index < -0.39 is 0 Å². The SMILES string of the molecule is NC(Cc1ccc(-c2ccc(I)cc2)cc1)=NO. The minimum Gasteiger partial charge on any atom is -0.409 e. The molecule has 3 nitrogen and oxygen atoms in total. The third-order valence-electron chi connectivity index (χ3n) is 2.65. The van der Waals surface area contributed by atoms with Crippen molar-refractivity contribution < 1.29 is 5.21 Å². The van der Waals surface area contributed by atoms with Crippen LogP contribution in [0.25, 0.3) is 11.1 Å². The van der Waals surface area contributed by atoms with E-state index in [0.717, 1.165) is 11.1 Å². The standard InChI is InChI=1S/C14H13IN2O/c15-13-7-5-12(6-8-13)11-3-1-10(2-4-11)9-14(16)17-18/h1-8,18H,9H2,(H2,16,17). The highest BCUT2D eigenvalue weighted by Gasteiger charge is 2.00. The zero-order chi connectivity index (χ0) is 13.0. The van der Waals surface area contributed by atoms with Crippen LogP contribution in [0.15, 0.2) is 53.7 Å². The van der Waals surface area contributed by atoms with Gasteiger partial charge in [-0.15, -0.1) is 0 Å². The van der Waals surface area contributed by atoms with Crippen molar-refractivity contribution in [3.63, 3.8) is 0 Å². The van der Waals surface area contributed by atoms with Crippen molar-refractivity contribution in [1.82, 2.24) is 0 Å². The highest BCUT2D eigenvalue weighted by molar-refractivity contribution is 14.1. The summed E-state index contributed by atoms with van der Waals surface area (Å²) in [4.78, 5) is 0. The maximum absolute atomic E-state index is 8.52. The third-order valence-corrected chi connectivity index (χ3v) is 3.36. The molecule has 4 heteroatoms. The first-order valence-electron chi connectivity index (χ1n) is 5.50. The van der Waals surface area contributed by atoms with Crippen LogP contribution in [0, 0.1) is 3.57 Å². The van der Waals surface area contributed by atoms with Crippen LogP contribution in [-0.4, -0.2) is 11.0 Å². The van der Waals surface area contributed by atoms with Gasteiger partial charge in [-0.3, -0.25) is 0 Å². The number of oxime groups is 1. The molecule has 92 valence electrons. The molecule has 2 aromatic carbocycles. The quantitative estimate of drug-likeness (QED) is 0.293. The van der Waals surface area contributed by atoms with E-state index >= 15 is 0 Å². The van der Waals surface area contributed by atoms with Crippen LogP contribution in [0.2, 0.25) is 0 Å². The van der Waals surface area contributed by atoms with E-state index in [2.05, 4.69) is 52.0 Å². The van der Waals surface area contributed by atoms with Crippen LogP contribution in [0.5, 0.6) is 0 Å². The smallest absolute Gasteiger partial charge is 0.143 e. The molecule has 0 aromatic heterocycles. The van der Waals surface area contributed by atoms with E-state index in [1.807, 2.05) is 24.3 Å². The average molecular weight is 352 g/mol. The predicted molar refractivity (Wildman–Crippen MR) is 81.7 cm³/mol. The fourth-order valence-electron chi connectivity index (χ4n) is 1.70. The second-order valence-electron chi connectivity index (χ2n) is 3.97. The summed E-state index contributed by atoms with van der Waals surface area (Å²) in [6.45, 7) is 0. The molecule has 0 bridgehead atoms. The summed E-state index contributed by atoms with van der Waals surface area (Å²) in [5.74, 6) is 0.219. The lowest BCUT2D eigenvalue weighted by atomic mass is 10.0. The molecular formula is C14H13IN2O. The predicted octanol–water partition coefficient (Wildman–Crippen LogP) is 3.25. The molecule has 0 aliphatic carbocycles. The van der Waals surface area contributed by atoms with Gasteiger partial charge in [0.25, 0.3) is 0 Å². The maximum Gasteiger partial charge on any atom is 0.143 e. The van der Waals surface area contributed by atoms with Gasteiger partial charge in [0.1, 0.15) is 5.84 Å². The molecule has 0 heterocycles. The molecule has 0 amide bonds. The monoisotopic (exact) mass is 352 g/mol. The molecule has 0 unspecified atom stereocenters. The fourth-order valence-corrected chi connectivity index (χ4v) is 2.06. The van der Waals surface area contributed by atoms with Crippen LogP contribution in [0.3, 0.4) is 0 Å². The van der Waals surface area contributed by atoms with E-state index in [-0.39, 0.29) is 5.84 Å². The van der Waals surface area contributed by atoms with Gasteiger partial charge in [0.2, 0.25) is 0 Å². The average Bonchev–Trinajstić information content (AvgIpc) is 2.40. The van der Waals surface area contributed by atoms with Crippen LogP contribution in [-0.2, 0) is 6.42 Å². The Bertz CT molecular complexity index is 547. The second-order valence-corrected chi connectivity index (χ2v) is 5.22. The van der Waals surface area contributed by atoms with Gasteiger partial charge in [-0.25, -0.2) is 0 Å². The van der Waals surface area contributed by atoms with Gasteiger partial charge < -0.3 is 10.9 Å². The lowest BCUT2D eigenvalue weighted by Crippen LogP contribution is -2.14. The lowest BCUT2D eigenvalue weighted by molar-refractivity contribution is 0.317. The third kappa shape index (κ3) is 3.22. The maximum atomic E-state index is 8.52. The Balaban J connectivity index is 2.19. The van der Waals surface area contributed by atoms with Crippen molar-refractivity contribution in [3.8, 4) is 11.1 Å². The van der Waals surface area contributed by atoms with E-state index in [0.29, 0.717) is 6.42 Å². The molecule has 0 aliphatic heterocycles. The normalized spacial score (nSPS) is 11.5. The minimum absolute atomic E-state index is 0.219. The number of amidine groups is 1. The fraction of sp³-hybridized carbons (Fsp3) is 0.0714. The minimum atomic E-state index is 0.219. The second kappa shape index (κ2) is 5.86. The van der Waals surface area contributed by atoms with E-state index in [1.54, 1.807) is 0 Å². The number of benzene rings is 2. The number of hydrogen-bond acceptors (Lipinski definition) is 2. The Morgan fingerprint density at radius 2 is 1.50 bits per heavy atom. The molecule has 0 radical (unpaired) electrons. The first kappa shape index (κ1) is 12.9. The molecular weight excluding hydrogens is 339 g/mol. The zero-order valence-electron chi connectivity index (χ0n) is 9.68. The van der Waals surface area contributed by atoms with Gasteiger partial charge >= 0.3 is 0 Å². The number of nitrogens with two attached hydrogens (primary N) is 1. The van der Waals surface area contributed by atoms with Gasteiger partial charge in [-0.2, -0.15) is 0 Å². The first-order chi connectivity index (χ1) is 8.69. The summed E-state index contributed by atoms with van der Waals surface area (Å²) < 4.78 is 1.22. The highest BCUT2D eigenvalue weighted by atomic mass is 127. The molecule has 0 fully saturated rings. The molecule has 0 aliphatic rings. The summed E-state index contributed by atoms with van der Waals surface area (Å²) in [6.07, 6.45) is 0.462. The summed E-state index contributed by atoms with van der Waals surface area (Å²) in [6, 6.07) is 16.4. The van der Waals surface area contributed by atoms with Crippen molar-refractivity contribution in [2.24, 2.45) is 10.9 Å². The molecule has 0 saturated heterocycles. The number of hydrogen-bond donors (Lipinski definition) is 2. The molecule has 3 N–H and O–H groups in total. The molecule has 0 atom stereocenters. The molecule has 2 rings (SSSR count). The number of halogens is 1. The van der Waals surface area contributed by atoms with Crippen molar-refractivity contribution in [3.05, 3.63) is 57.7 Å². The Morgan fingerprint density at radius 1 is 1.00 bits per heavy atom. The van der Waals surface area contributed by atoms with Gasteiger partial charge in [-0.05, 0) is 51.4 Å². The molecule has 0 spiro atoms. The summed E-state index contributed by atoms with van der Waals surface area (Å²) in [7, 11) is 0. The van der Waals surface area contributed by atoms with E-state index in [9.17, 15) is 0 Å². The number of rotatable bonds is 3. The van der Waals surface area contributed by atoms with Crippen LogP contribution in [0.1, 0.15) is 5.56 Å². The van der Waals surface area contributed by atoms with Gasteiger partial charge in [0, 0.05) is 9.99 Å². The van der Waals surface area contributed by atoms with Crippen molar-refractivity contribution >= 4 is 28.4 Å². The van der Waals surface area contributed by atoms with Crippen LogP contribution in [0.4, 0.5) is 0 Å². The topological polar surface area (TPSA) is 58.6 Å². The van der Waals surface area contributed by atoms with Gasteiger partial charge in [-0.1, -0.05) is 41.6 Å². The van der Waals surface area contributed by atoms with Crippen LogP contribution >= 0.6 is 22.6 Å². The molecule has 0 saturated carbocycles. The summed E-state index contributed by atoms with van der Waals surface area (Å²) in [5.41, 5.74) is 8.84. The Labute approximate surface area is 119 Å². The van der Waals surface area contributed by atoms with Crippen LogP contribution < -0.4 is 5.73 Å². The van der Waals surface area contributed by atoms with E-state index in [4.69, 9.17) is 10.9 Å². The van der Waals surface area contributed by atoms with Crippen molar-refractivity contribution in [1.29, 1.82) is 0 Å². The Hall–Kier alpha value is -1.56. The Morgan fingerprint density at radius 3 is 2.00 bits per heavy atom. The van der Waals surface area contributed by atoms with Gasteiger partial charge in [0.15, 0.2) is 0 Å². The lowest BCUT2D eigenvalue weighted by Gasteiger charge is -2.04. The van der Waals surface area contributed by atoms with Crippen molar-refractivity contribution in [2.75, 3.05) is 0 Å². The summed E-state index contributed by atoms with van der Waals surface area (Å²) >= 11 is 2.29. The zero-order valence-corrected chi connectivity index (χ0v) is 11.8. The molecule has 18 heavy (non-hydrogen) atoms. The summed E-state index contributed by atoms with van der Waals surface area (Å²) in [5, 5.41) is 11.5. The van der Waals surface area contributed by atoms with Crippen molar-refractivity contribution in [2.45, 2.75) is 6.42 Å². The number of nitrogens with zero attached hydrogens (tertiary/aromatic N) is 1. The first-order valence-corrected chi connectivity index (χ1v) is 6.58. The molecule has 2 aromatic rings. The van der Waals surface area contributed by atoms with E-state index in [1.165, 1.54) is 9.13 Å². The van der Waals surface area contributed by atoms with Gasteiger partial charge in [0.05, 0.1) is 0 Å². The largest absolute Gasteiger partial charge is 0.409 e.